The van der Waals surface area contributed by atoms with E-state index < -0.39 is 0 Å². The summed E-state index contributed by atoms with van der Waals surface area (Å²) < 4.78 is 1.16. The lowest BCUT2D eigenvalue weighted by atomic mass is 10.0. The summed E-state index contributed by atoms with van der Waals surface area (Å²) in [5, 5.41) is 3.80. The third-order valence-electron chi connectivity index (χ3n) is 5.10. The van der Waals surface area contributed by atoms with E-state index in [4.69, 9.17) is 4.98 Å². The highest BCUT2D eigenvalue weighted by atomic mass is 32.1. The van der Waals surface area contributed by atoms with Crippen molar-refractivity contribution in [3.05, 3.63) is 64.7 Å². The molecule has 4 rings (SSSR count). The highest BCUT2D eigenvalue weighted by Crippen LogP contribution is 2.36. The number of nitrogens with zero attached hydrogens (tertiary/aromatic N) is 2. The van der Waals surface area contributed by atoms with E-state index in [1.54, 1.807) is 11.3 Å². The van der Waals surface area contributed by atoms with Gasteiger partial charge in [-0.1, -0.05) is 24.3 Å². The molecule has 1 aromatic heterocycles. The standard InChI is InChI=1S/C22H23N3O2S/c1-15(26)23-14-16-9-11-17(12-10-16)22(27)25-13-5-4-7-19(25)21-24-18-6-2-3-8-20(18)28-21/h2-3,6,8-12,19H,4-5,7,13-14H2,1H3,(H,23,26). The Bertz CT molecular complexity index is 963. The number of carbonyl (C=O) groups excluding carboxylic acids is 2. The van der Waals surface area contributed by atoms with E-state index in [1.807, 2.05) is 47.4 Å². The second-order valence-corrected chi connectivity index (χ2v) is 8.20. The first-order valence-corrected chi connectivity index (χ1v) is 10.4. The second kappa shape index (κ2) is 8.10. The first-order chi connectivity index (χ1) is 13.6. The van der Waals surface area contributed by atoms with Gasteiger partial charge in [-0.15, -0.1) is 11.3 Å². The van der Waals surface area contributed by atoms with Crippen LogP contribution in [0.1, 0.15) is 53.2 Å². The number of benzene rings is 2. The zero-order chi connectivity index (χ0) is 19.5. The molecule has 5 nitrogen and oxygen atoms in total. The van der Waals surface area contributed by atoms with Crippen LogP contribution in [-0.4, -0.2) is 28.2 Å². The lowest BCUT2D eigenvalue weighted by Crippen LogP contribution is -2.38. The third-order valence-corrected chi connectivity index (χ3v) is 6.24. The molecule has 0 aliphatic carbocycles. The van der Waals surface area contributed by atoms with E-state index in [0.29, 0.717) is 12.1 Å². The first-order valence-electron chi connectivity index (χ1n) is 9.61. The Morgan fingerprint density at radius 3 is 2.68 bits per heavy atom. The Labute approximate surface area is 168 Å². The Morgan fingerprint density at radius 1 is 1.14 bits per heavy atom. The minimum Gasteiger partial charge on any atom is -0.352 e. The molecular weight excluding hydrogens is 370 g/mol. The van der Waals surface area contributed by atoms with E-state index in [2.05, 4.69) is 11.4 Å². The lowest BCUT2D eigenvalue weighted by molar-refractivity contribution is -0.119. The van der Waals surface area contributed by atoms with Crippen molar-refractivity contribution in [1.29, 1.82) is 0 Å². The average molecular weight is 394 g/mol. The number of fused-ring (bicyclic) bond motifs is 1. The lowest BCUT2D eigenvalue weighted by Gasteiger charge is -2.34. The van der Waals surface area contributed by atoms with Crippen molar-refractivity contribution in [2.45, 2.75) is 38.8 Å². The number of para-hydroxylation sites is 1. The van der Waals surface area contributed by atoms with Crippen LogP contribution in [-0.2, 0) is 11.3 Å². The van der Waals surface area contributed by atoms with Crippen LogP contribution in [0.25, 0.3) is 10.2 Å². The normalized spacial score (nSPS) is 16.9. The van der Waals surface area contributed by atoms with Crippen LogP contribution in [0.5, 0.6) is 0 Å². The fourth-order valence-electron chi connectivity index (χ4n) is 3.62. The zero-order valence-corrected chi connectivity index (χ0v) is 16.7. The number of rotatable bonds is 4. The summed E-state index contributed by atoms with van der Waals surface area (Å²) in [5.74, 6) is -0.0119. The SMILES string of the molecule is CC(=O)NCc1ccc(C(=O)N2CCCCC2c2nc3ccccc3s2)cc1. The third kappa shape index (κ3) is 3.92. The van der Waals surface area contributed by atoms with E-state index in [1.165, 1.54) is 6.92 Å². The molecular formula is C22H23N3O2S. The summed E-state index contributed by atoms with van der Waals surface area (Å²) in [5.41, 5.74) is 2.66. The minimum atomic E-state index is -0.0628. The summed E-state index contributed by atoms with van der Waals surface area (Å²) in [6.45, 7) is 2.73. The van der Waals surface area contributed by atoms with Crippen molar-refractivity contribution >= 4 is 33.4 Å². The summed E-state index contributed by atoms with van der Waals surface area (Å²) in [4.78, 5) is 31.0. The van der Waals surface area contributed by atoms with Crippen molar-refractivity contribution in [3.63, 3.8) is 0 Å². The molecule has 1 atom stereocenters. The molecule has 0 spiro atoms. The number of nitrogens with one attached hydrogen (secondary N) is 1. The highest BCUT2D eigenvalue weighted by Gasteiger charge is 2.30. The van der Waals surface area contributed by atoms with Gasteiger partial charge in [0.25, 0.3) is 5.91 Å². The smallest absolute Gasteiger partial charge is 0.254 e. The van der Waals surface area contributed by atoms with Gasteiger partial charge in [-0.2, -0.15) is 0 Å². The molecule has 3 aromatic rings. The van der Waals surface area contributed by atoms with Crippen LogP contribution >= 0.6 is 11.3 Å². The van der Waals surface area contributed by atoms with E-state index >= 15 is 0 Å². The van der Waals surface area contributed by atoms with Crippen molar-refractivity contribution in [3.8, 4) is 0 Å². The van der Waals surface area contributed by atoms with E-state index in [9.17, 15) is 9.59 Å². The fraction of sp³-hybridized carbons (Fsp3) is 0.318. The fourth-order valence-corrected chi connectivity index (χ4v) is 4.74. The Hall–Kier alpha value is -2.73. The predicted octanol–water partition coefficient (Wildman–Crippen LogP) is 4.30. The Kier molecular flexibility index (Phi) is 5.39. The molecule has 0 saturated carbocycles. The predicted molar refractivity (Wildman–Crippen MR) is 111 cm³/mol. The monoisotopic (exact) mass is 393 g/mol. The molecule has 144 valence electrons. The topological polar surface area (TPSA) is 62.3 Å². The van der Waals surface area contributed by atoms with Gasteiger partial charge in [0.2, 0.25) is 5.91 Å². The van der Waals surface area contributed by atoms with Crippen molar-refractivity contribution in [2.75, 3.05) is 6.54 Å². The van der Waals surface area contributed by atoms with Crippen molar-refractivity contribution < 1.29 is 9.59 Å². The second-order valence-electron chi connectivity index (χ2n) is 7.14. The van der Waals surface area contributed by atoms with Crippen LogP contribution in [0.3, 0.4) is 0 Å². The maximum atomic E-state index is 13.2. The number of hydrogen-bond acceptors (Lipinski definition) is 4. The molecule has 1 fully saturated rings. The molecule has 1 unspecified atom stereocenters. The zero-order valence-electron chi connectivity index (χ0n) is 15.9. The summed E-state index contributed by atoms with van der Waals surface area (Å²) in [6.07, 6.45) is 3.08. The number of aromatic nitrogens is 1. The van der Waals surface area contributed by atoms with Gasteiger partial charge >= 0.3 is 0 Å². The minimum absolute atomic E-state index is 0.0395. The molecule has 28 heavy (non-hydrogen) atoms. The van der Waals surface area contributed by atoms with Crippen molar-refractivity contribution in [2.24, 2.45) is 0 Å². The molecule has 1 N–H and O–H groups in total. The van der Waals surface area contributed by atoms with Gasteiger partial charge in [0.1, 0.15) is 5.01 Å². The number of amides is 2. The Balaban J connectivity index is 1.55. The summed E-state index contributed by atoms with van der Waals surface area (Å²) in [7, 11) is 0. The van der Waals surface area contributed by atoms with Gasteiger partial charge in [0, 0.05) is 25.6 Å². The van der Waals surface area contributed by atoms with Gasteiger partial charge in [0.05, 0.1) is 16.3 Å². The molecule has 0 bridgehead atoms. The molecule has 2 heterocycles. The largest absolute Gasteiger partial charge is 0.352 e. The number of thiazole rings is 1. The summed E-state index contributed by atoms with van der Waals surface area (Å²) >= 11 is 1.69. The van der Waals surface area contributed by atoms with E-state index in [-0.39, 0.29) is 17.9 Å². The number of piperidine rings is 1. The molecule has 2 amide bonds. The van der Waals surface area contributed by atoms with Gasteiger partial charge in [0.15, 0.2) is 0 Å². The van der Waals surface area contributed by atoms with Crippen molar-refractivity contribution in [1.82, 2.24) is 15.2 Å². The van der Waals surface area contributed by atoms with Crippen LogP contribution in [0.4, 0.5) is 0 Å². The molecule has 1 saturated heterocycles. The van der Waals surface area contributed by atoms with Gasteiger partial charge in [-0.3, -0.25) is 9.59 Å². The van der Waals surface area contributed by atoms with Crippen LogP contribution < -0.4 is 5.32 Å². The summed E-state index contributed by atoms with van der Waals surface area (Å²) in [6, 6.07) is 15.7. The average Bonchev–Trinajstić information content (AvgIpc) is 3.16. The van der Waals surface area contributed by atoms with Gasteiger partial charge < -0.3 is 10.2 Å². The van der Waals surface area contributed by atoms with Crippen LogP contribution in [0, 0.1) is 0 Å². The van der Waals surface area contributed by atoms with Crippen LogP contribution in [0.2, 0.25) is 0 Å². The number of carbonyl (C=O) groups is 2. The maximum absolute atomic E-state index is 13.2. The maximum Gasteiger partial charge on any atom is 0.254 e. The van der Waals surface area contributed by atoms with Crippen LogP contribution in [0.15, 0.2) is 48.5 Å². The molecule has 1 aliphatic rings. The van der Waals surface area contributed by atoms with Gasteiger partial charge in [-0.25, -0.2) is 4.98 Å². The first kappa shape index (κ1) is 18.6. The highest BCUT2D eigenvalue weighted by molar-refractivity contribution is 7.18. The number of likely N-dealkylation sites (tertiary alicyclic amines) is 1. The number of hydrogen-bond donors (Lipinski definition) is 1. The molecule has 2 aromatic carbocycles. The van der Waals surface area contributed by atoms with Gasteiger partial charge in [-0.05, 0) is 49.1 Å². The quantitative estimate of drug-likeness (QED) is 0.719. The molecule has 1 aliphatic heterocycles. The molecule has 0 radical (unpaired) electrons. The van der Waals surface area contributed by atoms with E-state index in [0.717, 1.165) is 46.6 Å². The molecule has 6 heteroatoms. The Morgan fingerprint density at radius 2 is 1.93 bits per heavy atom.